The van der Waals surface area contributed by atoms with E-state index < -0.39 is 0 Å². The number of aryl methyl sites for hydroxylation is 1. The Hall–Kier alpha value is -0.680. The number of nitrogens with one attached hydrogen (secondary N) is 2. The van der Waals surface area contributed by atoms with Crippen molar-refractivity contribution in [1.82, 2.24) is 15.5 Å². The van der Waals surface area contributed by atoms with Gasteiger partial charge in [-0.05, 0) is 39.2 Å². The molecular formula is C12H22N4S. The molecule has 0 aliphatic carbocycles. The van der Waals surface area contributed by atoms with Gasteiger partial charge in [0, 0.05) is 12.1 Å². The third kappa shape index (κ3) is 3.92. The number of piperidine rings is 1. The molecule has 2 N–H and O–H groups in total. The minimum atomic E-state index is 0.461. The van der Waals surface area contributed by atoms with E-state index in [2.05, 4.69) is 34.7 Å². The summed E-state index contributed by atoms with van der Waals surface area (Å²) in [5.74, 6) is 0. The van der Waals surface area contributed by atoms with Gasteiger partial charge in [-0.1, -0.05) is 24.7 Å². The third-order valence-electron chi connectivity index (χ3n) is 3.19. The Bertz CT molecular complexity index is 333. The van der Waals surface area contributed by atoms with E-state index in [9.17, 15) is 0 Å². The SMILES string of the molecule is CCc1nnc(NC(C)CC2CCCCN2)s1. The number of hydrogen-bond donors (Lipinski definition) is 2. The van der Waals surface area contributed by atoms with Gasteiger partial charge in [0.2, 0.25) is 5.13 Å². The maximum atomic E-state index is 4.16. The summed E-state index contributed by atoms with van der Waals surface area (Å²) in [5, 5.41) is 17.4. The van der Waals surface area contributed by atoms with Crippen LogP contribution in [0.25, 0.3) is 0 Å². The van der Waals surface area contributed by atoms with E-state index in [1.165, 1.54) is 32.2 Å². The molecule has 2 unspecified atom stereocenters. The van der Waals surface area contributed by atoms with Crippen molar-refractivity contribution in [3.05, 3.63) is 5.01 Å². The van der Waals surface area contributed by atoms with Crippen molar-refractivity contribution in [1.29, 1.82) is 0 Å². The molecule has 4 nitrogen and oxygen atoms in total. The van der Waals surface area contributed by atoms with Gasteiger partial charge in [0.05, 0.1) is 0 Å². The van der Waals surface area contributed by atoms with E-state index in [0.717, 1.165) is 16.6 Å². The van der Waals surface area contributed by atoms with E-state index in [1.807, 2.05) is 0 Å². The summed E-state index contributed by atoms with van der Waals surface area (Å²) >= 11 is 1.67. The third-order valence-corrected chi connectivity index (χ3v) is 4.19. The van der Waals surface area contributed by atoms with E-state index in [0.29, 0.717) is 12.1 Å². The van der Waals surface area contributed by atoms with Crippen molar-refractivity contribution in [2.75, 3.05) is 11.9 Å². The molecule has 2 heterocycles. The van der Waals surface area contributed by atoms with E-state index in [1.54, 1.807) is 11.3 Å². The van der Waals surface area contributed by atoms with Crippen LogP contribution in [0.5, 0.6) is 0 Å². The molecule has 96 valence electrons. The molecule has 1 aliphatic rings. The lowest BCUT2D eigenvalue weighted by atomic mass is 9.99. The standard InChI is InChI=1S/C12H22N4S/c1-3-11-15-16-12(17-11)14-9(2)8-10-6-4-5-7-13-10/h9-10,13H,3-8H2,1-2H3,(H,14,16). The van der Waals surface area contributed by atoms with Crippen molar-refractivity contribution in [3.63, 3.8) is 0 Å². The smallest absolute Gasteiger partial charge is 0.205 e. The number of anilines is 1. The molecule has 2 atom stereocenters. The summed E-state index contributed by atoms with van der Waals surface area (Å²) in [5.41, 5.74) is 0. The average molecular weight is 254 g/mol. The number of hydrogen-bond acceptors (Lipinski definition) is 5. The second-order valence-corrected chi connectivity index (χ2v) is 5.84. The monoisotopic (exact) mass is 254 g/mol. The predicted octanol–water partition coefficient (Wildman–Crippen LogP) is 2.43. The molecule has 2 rings (SSSR count). The Morgan fingerprint density at radius 2 is 2.35 bits per heavy atom. The fourth-order valence-corrected chi connectivity index (χ4v) is 3.07. The summed E-state index contributed by atoms with van der Waals surface area (Å²) in [4.78, 5) is 0. The highest BCUT2D eigenvalue weighted by atomic mass is 32.1. The van der Waals surface area contributed by atoms with Gasteiger partial charge in [0.15, 0.2) is 0 Å². The van der Waals surface area contributed by atoms with Gasteiger partial charge in [0.25, 0.3) is 0 Å². The Morgan fingerprint density at radius 3 is 3.00 bits per heavy atom. The van der Waals surface area contributed by atoms with Gasteiger partial charge >= 0.3 is 0 Å². The van der Waals surface area contributed by atoms with Crippen LogP contribution in [-0.4, -0.2) is 28.8 Å². The molecule has 1 saturated heterocycles. The Balaban J connectivity index is 1.77. The molecule has 17 heavy (non-hydrogen) atoms. The van der Waals surface area contributed by atoms with Crippen LogP contribution >= 0.6 is 11.3 Å². The van der Waals surface area contributed by atoms with Crippen molar-refractivity contribution in [2.45, 2.75) is 58.0 Å². The molecule has 0 radical (unpaired) electrons. The second kappa shape index (κ2) is 6.31. The maximum absolute atomic E-state index is 4.16. The van der Waals surface area contributed by atoms with Crippen LogP contribution in [0.3, 0.4) is 0 Å². The van der Waals surface area contributed by atoms with Gasteiger partial charge in [-0.3, -0.25) is 0 Å². The highest BCUT2D eigenvalue weighted by molar-refractivity contribution is 7.15. The van der Waals surface area contributed by atoms with Gasteiger partial charge in [0.1, 0.15) is 5.01 Å². The van der Waals surface area contributed by atoms with Crippen molar-refractivity contribution in [2.24, 2.45) is 0 Å². The Kier molecular flexibility index (Phi) is 4.74. The summed E-state index contributed by atoms with van der Waals surface area (Å²) in [6, 6.07) is 1.13. The van der Waals surface area contributed by atoms with Crippen LogP contribution < -0.4 is 10.6 Å². The lowest BCUT2D eigenvalue weighted by molar-refractivity contribution is 0.371. The molecular weight excluding hydrogens is 232 g/mol. The van der Waals surface area contributed by atoms with Crippen molar-refractivity contribution < 1.29 is 0 Å². The Morgan fingerprint density at radius 1 is 1.47 bits per heavy atom. The fourth-order valence-electron chi connectivity index (χ4n) is 2.28. The van der Waals surface area contributed by atoms with Gasteiger partial charge in [-0.25, -0.2) is 0 Å². The molecule has 1 fully saturated rings. The number of aromatic nitrogens is 2. The van der Waals surface area contributed by atoms with Crippen molar-refractivity contribution >= 4 is 16.5 Å². The fraction of sp³-hybridized carbons (Fsp3) is 0.833. The summed E-state index contributed by atoms with van der Waals surface area (Å²) in [6.07, 6.45) is 6.14. The first-order valence-corrected chi connectivity index (χ1v) is 7.42. The van der Waals surface area contributed by atoms with Crippen LogP contribution in [-0.2, 0) is 6.42 Å². The highest BCUT2D eigenvalue weighted by Gasteiger charge is 2.16. The molecule has 0 amide bonds. The molecule has 1 aromatic rings. The largest absolute Gasteiger partial charge is 0.358 e. The minimum Gasteiger partial charge on any atom is -0.358 e. The van der Waals surface area contributed by atoms with Gasteiger partial charge < -0.3 is 10.6 Å². The lowest BCUT2D eigenvalue weighted by Gasteiger charge is -2.26. The zero-order valence-electron chi connectivity index (χ0n) is 10.7. The molecule has 0 spiro atoms. The lowest BCUT2D eigenvalue weighted by Crippen LogP contribution is -2.37. The van der Waals surface area contributed by atoms with Gasteiger partial charge in [-0.15, -0.1) is 10.2 Å². The van der Waals surface area contributed by atoms with Crippen LogP contribution in [0.4, 0.5) is 5.13 Å². The summed E-state index contributed by atoms with van der Waals surface area (Å²) < 4.78 is 0. The molecule has 5 heteroatoms. The Labute approximate surface area is 107 Å². The zero-order valence-corrected chi connectivity index (χ0v) is 11.5. The maximum Gasteiger partial charge on any atom is 0.205 e. The van der Waals surface area contributed by atoms with Crippen LogP contribution in [0.15, 0.2) is 0 Å². The molecule has 1 aliphatic heterocycles. The zero-order chi connectivity index (χ0) is 12.1. The molecule has 1 aromatic heterocycles. The summed E-state index contributed by atoms with van der Waals surface area (Å²) in [7, 11) is 0. The first-order chi connectivity index (χ1) is 8.28. The van der Waals surface area contributed by atoms with E-state index in [4.69, 9.17) is 0 Å². The van der Waals surface area contributed by atoms with E-state index >= 15 is 0 Å². The molecule has 0 bridgehead atoms. The second-order valence-electron chi connectivity index (χ2n) is 4.78. The van der Waals surface area contributed by atoms with Crippen LogP contribution in [0, 0.1) is 0 Å². The number of nitrogens with zero attached hydrogens (tertiary/aromatic N) is 2. The molecule has 0 aromatic carbocycles. The quantitative estimate of drug-likeness (QED) is 0.847. The average Bonchev–Trinajstić information content (AvgIpc) is 2.78. The highest BCUT2D eigenvalue weighted by Crippen LogP contribution is 2.19. The first kappa shape index (κ1) is 12.8. The van der Waals surface area contributed by atoms with Crippen molar-refractivity contribution in [3.8, 4) is 0 Å². The topological polar surface area (TPSA) is 49.8 Å². The predicted molar refractivity (Wildman–Crippen MR) is 72.6 cm³/mol. The summed E-state index contributed by atoms with van der Waals surface area (Å²) in [6.45, 7) is 5.51. The van der Waals surface area contributed by atoms with Gasteiger partial charge in [-0.2, -0.15) is 0 Å². The van der Waals surface area contributed by atoms with E-state index in [-0.39, 0.29) is 0 Å². The molecule has 0 saturated carbocycles. The normalized spacial score (nSPS) is 22.4. The van der Waals surface area contributed by atoms with Crippen LogP contribution in [0.2, 0.25) is 0 Å². The first-order valence-electron chi connectivity index (χ1n) is 6.60. The van der Waals surface area contributed by atoms with Crippen LogP contribution in [0.1, 0.15) is 44.5 Å². The number of rotatable bonds is 5. The minimum absolute atomic E-state index is 0.461.